The highest BCUT2D eigenvalue weighted by molar-refractivity contribution is 5.86. The second-order valence-electron chi connectivity index (χ2n) is 5.63. The number of carbonyl (C=O) groups is 2. The summed E-state index contributed by atoms with van der Waals surface area (Å²) < 4.78 is 0. The van der Waals surface area contributed by atoms with E-state index in [4.69, 9.17) is 5.11 Å². The number of hydrogen-bond acceptors (Lipinski definition) is 3. The molecule has 2 N–H and O–H groups in total. The minimum Gasteiger partial charge on any atom is -0.480 e. The lowest BCUT2D eigenvalue weighted by molar-refractivity contribution is -0.147. The molecule has 1 rings (SSSR count). The van der Waals surface area contributed by atoms with Crippen LogP contribution in [0.1, 0.15) is 40.0 Å². The summed E-state index contributed by atoms with van der Waals surface area (Å²) in [5, 5.41) is 12.1. The Kier molecular flexibility index (Phi) is 5.14. The van der Waals surface area contributed by atoms with E-state index >= 15 is 0 Å². The predicted octanol–water partition coefficient (Wildman–Crippen LogP) is 1.09. The zero-order chi connectivity index (χ0) is 13.8. The summed E-state index contributed by atoms with van der Waals surface area (Å²) in [6, 6.07) is -0.267. The number of carboxylic acids is 1. The van der Waals surface area contributed by atoms with Crippen LogP contribution >= 0.6 is 0 Å². The minimum absolute atomic E-state index is 0.0797. The van der Waals surface area contributed by atoms with Gasteiger partial charge in [-0.15, -0.1) is 0 Å². The molecular weight excluding hydrogens is 232 g/mol. The van der Waals surface area contributed by atoms with Gasteiger partial charge in [0.05, 0.1) is 6.04 Å². The van der Waals surface area contributed by atoms with E-state index in [0.29, 0.717) is 6.54 Å². The minimum atomic E-state index is -0.953. The molecule has 5 heteroatoms. The monoisotopic (exact) mass is 256 g/mol. The van der Waals surface area contributed by atoms with Gasteiger partial charge in [0.2, 0.25) is 5.91 Å². The fourth-order valence-electron chi connectivity index (χ4n) is 2.52. The zero-order valence-electron chi connectivity index (χ0n) is 11.5. The third-order valence-electron chi connectivity index (χ3n) is 3.51. The van der Waals surface area contributed by atoms with Crippen LogP contribution in [0.3, 0.4) is 0 Å². The average Bonchev–Trinajstić information content (AvgIpc) is 2.26. The van der Waals surface area contributed by atoms with Crippen LogP contribution in [0.4, 0.5) is 0 Å². The Balaban J connectivity index is 2.77. The van der Waals surface area contributed by atoms with E-state index in [1.165, 1.54) is 4.90 Å². The topological polar surface area (TPSA) is 69.6 Å². The standard InChI is InChI=1S/C13H24N2O3/c1-4-8-15(9-10(16)17)12(18)11-13(2,3)6-5-7-14-11/h11,14H,4-9H2,1-3H3,(H,16,17). The molecule has 1 amide bonds. The van der Waals surface area contributed by atoms with Crippen molar-refractivity contribution in [3.8, 4) is 0 Å². The van der Waals surface area contributed by atoms with Crippen LogP contribution in [0.5, 0.6) is 0 Å². The van der Waals surface area contributed by atoms with Crippen molar-refractivity contribution >= 4 is 11.9 Å². The van der Waals surface area contributed by atoms with Gasteiger partial charge in [-0.05, 0) is 31.2 Å². The van der Waals surface area contributed by atoms with Crippen molar-refractivity contribution in [3.63, 3.8) is 0 Å². The number of amides is 1. The molecule has 0 bridgehead atoms. The maximum Gasteiger partial charge on any atom is 0.323 e. The molecule has 1 fully saturated rings. The third-order valence-corrected chi connectivity index (χ3v) is 3.51. The van der Waals surface area contributed by atoms with Crippen LogP contribution in [0.2, 0.25) is 0 Å². The number of hydrogen-bond donors (Lipinski definition) is 2. The van der Waals surface area contributed by atoms with E-state index < -0.39 is 5.97 Å². The number of nitrogens with zero attached hydrogens (tertiary/aromatic N) is 1. The number of aliphatic carboxylic acids is 1. The van der Waals surface area contributed by atoms with Crippen molar-refractivity contribution in [2.75, 3.05) is 19.6 Å². The number of piperidine rings is 1. The molecule has 0 aliphatic carbocycles. The smallest absolute Gasteiger partial charge is 0.323 e. The maximum atomic E-state index is 12.4. The molecule has 1 atom stereocenters. The second-order valence-corrected chi connectivity index (χ2v) is 5.63. The third kappa shape index (κ3) is 3.70. The second kappa shape index (κ2) is 6.18. The van der Waals surface area contributed by atoms with Crippen molar-refractivity contribution in [3.05, 3.63) is 0 Å². The van der Waals surface area contributed by atoms with E-state index in [-0.39, 0.29) is 23.9 Å². The van der Waals surface area contributed by atoms with E-state index in [0.717, 1.165) is 25.8 Å². The van der Waals surface area contributed by atoms with Crippen LogP contribution < -0.4 is 5.32 Å². The highest BCUT2D eigenvalue weighted by Crippen LogP contribution is 2.31. The first-order chi connectivity index (χ1) is 8.38. The van der Waals surface area contributed by atoms with Crippen LogP contribution in [0.15, 0.2) is 0 Å². The lowest BCUT2D eigenvalue weighted by Crippen LogP contribution is -2.57. The van der Waals surface area contributed by atoms with E-state index in [1.54, 1.807) is 0 Å². The fourth-order valence-corrected chi connectivity index (χ4v) is 2.52. The summed E-state index contributed by atoms with van der Waals surface area (Å²) in [5.41, 5.74) is -0.111. The summed E-state index contributed by atoms with van der Waals surface area (Å²) in [5.74, 6) is -1.03. The maximum absolute atomic E-state index is 12.4. The Morgan fingerprint density at radius 1 is 1.44 bits per heavy atom. The van der Waals surface area contributed by atoms with Crippen molar-refractivity contribution in [2.24, 2.45) is 5.41 Å². The van der Waals surface area contributed by atoms with Gasteiger partial charge >= 0.3 is 5.97 Å². The van der Waals surface area contributed by atoms with Gasteiger partial charge in [-0.1, -0.05) is 20.8 Å². The van der Waals surface area contributed by atoms with Gasteiger partial charge in [0, 0.05) is 6.54 Å². The van der Waals surface area contributed by atoms with Gasteiger partial charge < -0.3 is 15.3 Å². The van der Waals surface area contributed by atoms with Gasteiger partial charge in [-0.3, -0.25) is 9.59 Å². The molecule has 5 nitrogen and oxygen atoms in total. The molecule has 18 heavy (non-hydrogen) atoms. The zero-order valence-corrected chi connectivity index (χ0v) is 11.5. The molecule has 1 saturated heterocycles. The van der Waals surface area contributed by atoms with Crippen LogP contribution in [0, 0.1) is 5.41 Å². The van der Waals surface area contributed by atoms with Crippen LogP contribution in [-0.2, 0) is 9.59 Å². The first-order valence-electron chi connectivity index (χ1n) is 6.62. The largest absolute Gasteiger partial charge is 0.480 e. The quantitative estimate of drug-likeness (QED) is 0.772. The molecule has 0 aromatic rings. The summed E-state index contributed by atoms with van der Waals surface area (Å²) in [4.78, 5) is 24.7. The Bertz CT molecular complexity index is 315. The molecule has 1 aliphatic heterocycles. The Morgan fingerprint density at radius 2 is 2.11 bits per heavy atom. The van der Waals surface area contributed by atoms with Gasteiger partial charge in [0.25, 0.3) is 0 Å². The molecular formula is C13H24N2O3. The van der Waals surface area contributed by atoms with Crippen molar-refractivity contribution in [2.45, 2.75) is 46.1 Å². The molecule has 1 unspecified atom stereocenters. The van der Waals surface area contributed by atoms with Crippen LogP contribution in [-0.4, -0.2) is 47.6 Å². The summed E-state index contributed by atoms with van der Waals surface area (Å²) in [7, 11) is 0. The van der Waals surface area contributed by atoms with Crippen molar-refractivity contribution in [1.82, 2.24) is 10.2 Å². The SMILES string of the molecule is CCCN(CC(=O)O)C(=O)C1NCCCC1(C)C. The molecule has 0 aromatic carbocycles. The molecule has 0 radical (unpaired) electrons. The number of carboxylic acid groups (broad SMARTS) is 1. The van der Waals surface area contributed by atoms with Gasteiger partial charge in [0.15, 0.2) is 0 Å². The Hall–Kier alpha value is -1.10. The average molecular weight is 256 g/mol. The highest BCUT2D eigenvalue weighted by atomic mass is 16.4. The van der Waals surface area contributed by atoms with E-state index in [9.17, 15) is 9.59 Å². The highest BCUT2D eigenvalue weighted by Gasteiger charge is 2.39. The summed E-state index contributed by atoms with van der Waals surface area (Å²) in [6.07, 6.45) is 2.82. The molecule has 1 aliphatic rings. The Morgan fingerprint density at radius 3 is 2.61 bits per heavy atom. The van der Waals surface area contributed by atoms with Gasteiger partial charge in [-0.25, -0.2) is 0 Å². The van der Waals surface area contributed by atoms with E-state index in [2.05, 4.69) is 19.2 Å². The molecule has 104 valence electrons. The molecule has 0 aromatic heterocycles. The Labute approximate surface area is 109 Å². The normalized spacial score (nSPS) is 22.5. The van der Waals surface area contributed by atoms with Crippen LogP contribution in [0.25, 0.3) is 0 Å². The fraction of sp³-hybridized carbons (Fsp3) is 0.846. The predicted molar refractivity (Wildman–Crippen MR) is 69.3 cm³/mol. The number of nitrogens with one attached hydrogen (secondary N) is 1. The molecule has 1 heterocycles. The first kappa shape index (κ1) is 15.0. The lowest BCUT2D eigenvalue weighted by atomic mass is 9.77. The molecule has 0 spiro atoms. The van der Waals surface area contributed by atoms with Crippen molar-refractivity contribution < 1.29 is 14.7 Å². The summed E-state index contributed by atoms with van der Waals surface area (Å²) in [6.45, 7) is 7.19. The summed E-state index contributed by atoms with van der Waals surface area (Å²) >= 11 is 0. The van der Waals surface area contributed by atoms with Gasteiger partial charge in [0.1, 0.15) is 6.54 Å². The van der Waals surface area contributed by atoms with Gasteiger partial charge in [-0.2, -0.15) is 0 Å². The lowest BCUT2D eigenvalue weighted by Gasteiger charge is -2.40. The van der Waals surface area contributed by atoms with Crippen molar-refractivity contribution in [1.29, 1.82) is 0 Å². The first-order valence-corrected chi connectivity index (χ1v) is 6.62. The number of carbonyl (C=O) groups excluding carboxylic acids is 1. The molecule has 0 saturated carbocycles. The number of rotatable bonds is 5. The van der Waals surface area contributed by atoms with E-state index in [1.807, 2.05) is 6.92 Å².